The SMILES string of the molecule is Cc1cc2[nH]cnc2cc1C(=O)NCc1ccc(NC(=O)N(C[C@@H](O)c2ccc(Cl)c(Cl)c2)C(C)C)cc1. The molecule has 3 amide bonds. The summed E-state index contributed by atoms with van der Waals surface area (Å²) in [5.74, 6) is -0.183. The highest BCUT2D eigenvalue weighted by atomic mass is 35.5. The van der Waals surface area contributed by atoms with Crippen LogP contribution in [0.3, 0.4) is 0 Å². The number of hydrogen-bond acceptors (Lipinski definition) is 4. The molecule has 8 nitrogen and oxygen atoms in total. The number of aliphatic hydroxyl groups excluding tert-OH is 1. The molecule has 3 aromatic carbocycles. The Labute approximate surface area is 231 Å². The molecular formula is C28H29Cl2N5O3. The van der Waals surface area contributed by atoms with Crippen molar-refractivity contribution in [3.05, 3.63) is 93.2 Å². The van der Waals surface area contributed by atoms with E-state index in [2.05, 4.69) is 20.6 Å². The van der Waals surface area contributed by atoms with Crippen molar-refractivity contribution in [1.29, 1.82) is 0 Å². The highest BCUT2D eigenvalue weighted by Crippen LogP contribution is 2.26. The maximum Gasteiger partial charge on any atom is 0.322 e. The number of aromatic amines is 1. The van der Waals surface area contributed by atoms with E-state index in [0.717, 1.165) is 22.2 Å². The van der Waals surface area contributed by atoms with Gasteiger partial charge in [-0.1, -0.05) is 41.4 Å². The summed E-state index contributed by atoms with van der Waals surface area (Å²) in [6.45, 7) is 6.04. The van der Waals surface area contributed by atoms with E-state index < -0.39 is 6.10 Å². The minimum absolute atomic E-state index is 0.0784. The molecule has 0 aliphatic carbocycles. The number of nitrogens with zero attached hydrogens (tertiary/aromatic N) is 2. The highest BCUT2D eigenvalue weighted by molar-refractivity contribution is 6.42. The number of urea groups is 1. The van der Waals surface area contributed by atoms with Crippen molar-refractivity contribution in [2.75, 3.05) is 11.9 Å². The van der Waals surface area contributed by atoms with Gasteiger partial charge in [0.1, 0.15) is 0 Å². The molecule has 0 unspecified atom stereocenters. The molecule has 4 aromatic rings. The lowest BCUT2D eigenvalue weighted by Gasteiger charge is -2.29. The fourth-order valence-corrected chi connectivity index (χ4v) is 4.36. The van der Waals surface area contributed by atoms with Crippen molar-refractivity contribution in [2.24, 2.45) is 0 Å². The van der Waals surface area contributed by atoms with Crippen LogP contribution in [-0.4, -0.2) is 44.5 Å². The van der Waals surface area contributed by atoms with Gasteiger partial charge in [-0.3, -0.25) is 4.79 Å². The molecule has 0 saturated carbocycles. The Bertz CT molecular complexity index is 1450. The van der Waals surface area contributed by atoms with Gasteiger partial charge in [-0.05, 0) is 73.9 Å². The minimum Gasteiger partial charge on any atom is -0.387 e. The zero-order valence-corrected chi connectivity index (χ0v) is 22.8. The summed E-state index contributed by atoms with van der Waals surface area (Å²) in [6.07, 6.45) is 0.672. The number of anilines is 1. The lowest BCUT2D eigenvalue weighted by atomic mass is 10.1. The van der Waals surface area contributed by atoms with E-state index >= 15 is 0 Å². The van der Waals surface area contributed by atoms with Crippen LogP contribution >= 0.6 is 23.2 Å². The van der Waals surface area contributed by atoms with Gasteiger partial charge >= 0.3 is 6.03 Å². The molecular weight excluding hydrogens is 525 g/mol. The number of nitrogens with one attached hydrogen (secondary N) is 3. The lowest BCUT2D eigenvalue weighted by Crippen LogP contribution is -2.42. The van der Waals surface area contributed by atoms with Crippen LogP contribution in [0.15, 0.2) is 60.9 Å². The van der Waals surface area contributed by atoms with Crippen LogP contribution in [0.2, 0.25) is 10.0 Å². The number of aromatic nitrogens is 2. The van der Waals surface area contributed by atoms with Gasteiger partial charge in [-0.25, -0.2) is 9.78 Å². The Hall–Kier alpha value is -3.59. The molecule has 198 valence electrons. The number of fused-ring (bicyclic) bond motifs is 1. The first kappa shape index (κ1) is 27.4. The number of imidazole rings is 1. The number of carbonyl (C=O) groups excluding carboxylic acids is 2. The molecule has 0 bridgehead atoms. The number of hydrogen-bond donors (Lipinski definition) is 4. The summed E-state index contributed by atoms with van der Waals surface area (Å²) in [5, 5.41) is 17.2. The van der Waals surface area contributed by atoms with Crippen molar-refractivity contribution in [3.63, 3.8) is 0 Å². The Morgan fingerprint density at radius 2 is 1.79 bits per heavy atom. The maximum atomic E-state index is 13.0. The van der Waals surface area contributed by atoms with E-state index in [4.69, 9.17) is 23.2 Å². The van der Waals surface area contributed by atoms with Crippen LogP contribution in [0.1, 0.15) is 47.0 Å². The first-order valence-electron chi connectivity index (χ1n) is 12.1. The van der Waals surface area contributed by atoms with E-state index in [0.29, 0.717) is 33.4 Å². The lowest BCUT2D eigenvalue weighted by molar-refractivity contribution is 0.0950. The number of aryl methyl sites for hydroxylation is 1. The third-order valence-electron chi connectivity index (χ3n) is 6.25. The summed E-state index contributed by atoms with van der Waals surface area (Å²) >= 11 is 12.0. The normalized spacial score (nSPS) is 12.0. The van der Waals surface area contributed by atoms with Gasteiger partial charge in [0, 0.05) is 23.8 Å². The Morgan fingerprint density at radius 1 is 1.05 bits per heavy atom. The highest BCUT2D eigenvalue weighted by Gasteiger charge is 2.22. The second kappa shape index (κ2) is 11.9. The summed E-state index contributed by atoms with van der Waals surface area (Å²) in [4.78, 5) is 34.5. The van der Waals surface area contributed by atoms with Crippen molar-refractivity contribution in [2.45, 2.75) is 39.5 Å². The van der Waals surface area contributed by atoms with Crippen molar-refractivity contribution in [3.8, 4) is 0 Å². The zero-order chi connectivity index (χ0) is 27.4. The summed E-state index contributed by atoms with van der Waals surface area (Å²) in [5.41, 5.74) is 5.10. The van der Waals surface area contributed by atoms with Gasteiger partial charge in [0.2, 0.25) is 0 Å². The number of aliphatic hydroxyl groups is 1. The van der Waals surface area contributed by atoms with Gasteiger partial charge in [0.25, 0.3) is 5.91 Å². The average molecular weight is 554 g/mol. The van der Waals surface area contributed by atoms with Crippen molar-refractivity contribution < 1.29 is 14.7 Å². The second-order valence-electron chi connectivity index (χ2n) is 9.33. The number of amides is 3. The third kappa shape index (κ3) is 6.45. The quantitative estimate of drug-likeness (QED) is 0.212. The topological polar surface area (TPSA) is 110 Å². The van der Waals surface area contributed by atoms with Crippen molar-refractivity contribution >= 4 is 51.9 Å². The molecule has 10 heteroatoms. The fourth-order valence-electron chi connectivity index (χ4n) is 4.05. The average Bonchev–Trinajstić information content (AvgIpc) is 3.34. The monoisotopic (exact) mass is 553 g/mol. The predicted molar refractivity (Wildman–Crippen MR) is 151 cm³/mol. The molecule has 0 aliphatic rings. The summed E-state index contributed by atoms with van der Waals surface area (Å²) in [6, 6.07) is 15.3. The van der Waals surface area contributed by atoms with Crippen LogP contribution < -0.4 is 10.6 Å². The van der Waals surface area contributed by atoms with E-state index in [1.165, 1.54) is 0 Å². The van der Waals surface area contributed by atoms with Crippen LogP contribution in [-0.2, 0) is 6.54 Å². The molecule has 0 saturated heterocycles. The van der Waals surface area contributed by atoms with Gasteiger partial charge in [-0.2, -0.15) is 0 Å². The van der Waals surface area contributed by atoms with E-state index in [1.807, 2.05) is 39.0 Å². The van der Waals surface area contributed by atoms with Crippen LogP contribution in [0.5, 0.6) is 0 Å². The molecule has 1 aromatic heterocycles. The van der Waals surface area contributed by atoms with Crippen LogP contribution in [0.25, 0.3) is 11.0 Å². The number of rotatable bonds is 8. The second-order valence-corrected chi connectivity index (χ2v) is 10.1. The number of benzene rings is 3. The van der Waals surface area contributed by atoms with Gasteiger partial charge < -0.3 is 25.6 Å². The smallest absolute Gasteiger partial charge is 0.322 e. The van der Waals surface area contributed by atoms with Gasteiger partial charge in [0.15, 0.2) is 0 Å². The molecule has 38 heavy (non-hydrogen) atoms. The molecule has 4 rings (SSSR count). The van der Waals surface area contributed by atoms with E-state index in [9.17, 15) is 14.7 Å². The van der Waals surface area contributed by atoms with Crippen LogP contribution in [0.4, 0.5) is 10.5 Å². The number of halogens is 2. The zero-order valence-electron chi connectivity index (χ0n) is 21.3. The minimum atomic E-state index is -0.929. The Balaban J connectivity index is 1.35. The molecule has 1 heterocycles. The Morgan fingerprint density at radius 3 is 2.47 bits per heavy atom. The fraction of sp³-hybridized carbons (Fsp3) is 0.250. The number of H-pyrrole nitrogens is 1. The summed E-state index contributed by atoms with van der Waals surface area (Å²) < 4.78 is 0. The summed E-state index contributed by atoms with van der Waals surface area (Å²) in [7, 11) is 0. The van der Waals surface area contributed by atoms with Crippen LogP contribution in [0, 0.1) is 6.92 Å². The molecule has 4 N–H and O–H groups in total. The van der Waals surface area contributed by atoms with Gasteiger partial charge in [0.05, 0.1) is 40.1 Å². The van der Waals surface area contributed by atoms with Crippen molar-refractivity contribution in [1.82, 2.24) is 20.2 Å². The first-order chi connectivity index (χ1) is 18.1. The van der Waals surface area contributed by atoms with E-state index in [1.54, 1.807) is 47.6 Å². The molecule has 0 aliphatic heterocycles. The largest absolute Gasteiger partial charge is 0.387 e. The predicted octanol–water partition coefficient (Wildman–Crippen LogP) is 6.08. The standard InChI is InChI=1S/C28H29Cl2N5O3/c1-16(2)35(14-26(36)19-6-9-22(29)23(30)11-19)28(38)34-20-7-4-18(5-8-20)13-31-27(37)21-12-25-24(10-17(21)3)32-15-33-25/h4-12,15-16,26,36H,13-14H2,1-3H3,(H,31,37)(H,32,33)(H,34,38)/t26-/m1/s1. The molecule has 0 spiro atoms. The third-order valence-corrected chi connectivity index (χ3v) is 6.99. The maximum absolute atomic E-state index is 13.0. The molecule has 0 fully saturated rings. The molecule has 1 atom stereocenters. The first-order valence-corrected chi connectivity index (χ1v) is 12.9. The van der Waals surface area contributed by atoms with E-state index in [-0.39, 0.29) is 24.5 Å². The van der Waals surface area contributed by atoms with Gasteiger partial charge in [-0.15, -0.1) is 0 Å². The Kier molecular flexibility index (Phi) is 8.56. The molecule has 0 radical (unpaired) electrons. The number of carbonyl (C=O) groups is 2.